The summed E-state index contributed by atoms with van der Waals surface area (Å²) in [6.45, 7) is 1.12. The van der Waals surface area contributed by atoms with E-state index < -0.39 is 18.3 Å². The van der Waals surface area contributed by atoms with E-state index in [0.29, 0.717) is 17.2 Å². The number of hydrogen-bond acceptors (Lipinski definition) is 15. The van der Waals surface area contributed by atoms with Gasteiger partial charge in [-0.05, 0) is 162 Å². The first-order valence-corrected chi connectivity index (χ1v) is 26.0. The second kappa shape index (κ2) is 28.6. The number of anilines is 3. The van der Waals surface area contributed by atoms with E-state index in [-0.39, 0.29) is 45.4 Å². The van der Waals surface area contributed by atoms with Crippen molar-refractivity contribution in [2.45, 2.75) is 24.2 Å². The van der Waals surface area contributed by atoms with E-state index >= 15 is 0 Å². The zero-order valence-corrected chi connectivity index (χ0v) is 43.3. The molecule has 0 aliphatic rings. The van der Waals surface area contributed by atoms with Crippen LogP contribution >= 0.6 is 0 Å². The summed E-state index contributed by atoms with van der Waals surface area (Å²) in [5.41, 5.74) is 10.0. The Morgan fingerprint density at radius 2 is 0.506 bits per heavy atom. The Morgan fingerprint density at radius 1 is 0.278 bits per heavy atom. The molecule has 0 aromatic heterocycles. The second-order valence-corrected chi connectivity index (χ2v) is 18.4. The maximum absolute atomic E-state index is 10.8. The normalized spacial score (nSPS) is 12.9. The summed E-state index contributed by atoms with van der Waals surface area (Å²) in [5, 5.41) is 67.9. The molecule has 79 heavy (non-hydrogen) atoms. The fourth-order valence-corrected chi connectivity index (χ4v) is 8.08. The van der Waals surface area contributed by atoms with E-state index in [1.807, 2.05) is 237 Å². The Balaban J connectivity index is 0.787. The van der Waals surface area contributed by atoms with Crippen LogP contribution in [0.2, 0.25) is 0 Å². The predicted molar refractivity (Wildman–Crippen MR) is 311 cm³/mol. The lowest BCUT2D eigenvalue weighted by atomic mass is 9.85. The summed E-state index contributed by atoms with van der Waals surface area (Å²) in [6, 6.07) is 74.8. The molecule has 3 unspecified atom stereocenters. The van der Waals surface area contributed by atoms with E-state index in [9.17, 15) is 15.3 Å². The lowest BCUT2D eigenvalue weighted by Crippen LogP contribution is -2.26. The van der Waals surface area contributed by atoms with Crippen LogP contribution in [0.5, 0.6) is 17.2 Å². The van der Waals surface area contributed by atoms with Crippen molar-refractivity contribution in [1.29, 1.82) is 0 Å². The van der Waals surface area contributed by atoms with Crippen LogP contribution < -0.4 is 30.2 Å². The van der Waals surface area contributed by atoms with Crippen LogP contribution in [0.3, 0.4) is 0 Å². The van der Waals surface area contributed by atoms with Gasteiger partial charge in [-0.15, -0.1) is 0 Å². The van der Waals surface area contributed by atoms with Gasteiger partial charge in [-0.2, -0.15) is 30.7 Å². The van der Waals surface area contributed by atoms with E-state index in [2.05, 4.69) is 46.6 Å². The number of nitrogens with zero attached hydrogens (tertiary/aromatic N) is 6. The molecule has 0 aliphatic heterocycles. The average molecular weight is 1050 g/mol. The highest BCUT2D eigenvalue weighted by atomic mass is 16.5. The van der Waals surface area contributed by atoms with Gasteiger partial charge in [0, 0.05) is 42.6 Å². The van der Waals surface area contributed by atoms with Crippen LogP contribution in [0.4, 0.5) is 51.2 Å². The minimum absolute atomic E-state index is 0.0871. The summed E-state index contributed by atoms with van der Waals surface area (Å²) >= 11 is 0. The smallest absolute Gasteiger partial charge is 0.119 e. The zero-order chi connectivity index (χ0) is 54.3. The molecule has 0 heterocycles. The molecule has 398 valence electrons. The zero-order valence-electron chi connectivity index (χ0n) is 43.3. The van der Waals surface area contributed by atoms with Crippen molar-refractivity contribution in [3.05, 3.63) is 253 Å². The second-order valence-electron chi connectivity index (χ2n) is 18.4. The summed E-state index contributed by atoms with van der Waals surface area (Å²) in [7, 11) is 0. The molecule has 6 N–H and O–H groups in total. The highest BCUT2D eigenvalue weighted by molar-refractivity contribution is 5.54. The molecule has 0 bridgehead atoms. The summed E-state index contributed by atoms with van der Waals surface area (Å²) in [6.07, 6.45) is -2.32. The van der Waals surface area contributed by atoms with Gasteiger partial charge in [0.15, 0.2) is 0 Å². The summed E-state index contributed by atoms with van der Waals surface area (Å²) in [4.78, 5) is 0. The number of hydrogen-bond donors (Lipinski definition) is 6. The molecule has 9 aromatic rings. The first kappa shape index (κ1) is 54.3. The van der Waals surface area contributed by atoms with Gasteiger partial charge >= 0.3 is 0 Å². The van der Waals surface area contributed by atoms with Gasteiger partial charge in [-0.25, -0.2) is 0 Å². The first-order chi connectivity index (χ1) is 38.8. The van der Waals surface area contributed by atoms with Crippen LogP contribution in [0.25, 0.3) is 0 Å². The Labute approximate surface area is 459 Å². The molecule has 0 fully saturated rings. The van der Waals surface area contributed by atoms with Crippen LogP contribution in [0.1, 0.15) is 22.6 Å². The molecular weight excluding hydrogens is 991 g/mol. The Morgan fingerprint density at radius 3 is 0.747 bits per heavy atom. The Kier molecular flexibility index (Phi) is 19.6. The van der Waals surface area contributed by atoms with Crippen LogP contribution in [-0.2, 0) is 0 Å². The van der Waals surface area contributed by atoms with Gasteiger partial charge < -0.3 is 45.5 Å². The molecule has 0 saturated carbocycles. The van der Waals surface area contributed by atoms with Crippen LogP contribution in [0, 0.1) is 0 Å². The number of rotatable bonds is 27. The van der Waals surface area contributed by atoms with E-state index in [1.165, 1.54) is 0 Å². The number of aliphatic hydroxyl groups excluding tert-OH is 3. The van der Waals surface area contributed by atoms with Crippen molar-refractivity contribution in [3.63, 3.8) is 0 Å². The largest absolute Gasteiger partial charge is 0.491 e. The van der Waals surface area contributed by atoms with Crippen LogP contribution in [-0.4, -0.2) is 73.1 Å². The maximum Gasteiger partial charge on any atom is 0.119 e. The average Bonchev–Trinajstić information content (AvgIpc) is 3.52. The molecular formula is C64H61N9O6. The van der Waals surface area contributed by atoms with Crippen LogP contribution in [0.15, 0.2) is 267 Å². The van der Waals surface area contributed by atoms with Crippen molar-refractivity contribution >= 4 is 51.2 Å². The highest BCUT2D eigenvalue weighted by Crippen LogP contribution is 2.35. The van der Waals surface area contributed by atoms with E-state index in [4.69, 9.17) is 14.2 Å². The molecule has 0 amide bonds. The SMILES string of the molecule is OC(CNc1ccc(N=Nc2ccccc2)cc1)COc1ccc(C(c2ccc(OCC(O)CNc3ccc(N=Nc4ccccc4)cc3)cc2)c2ccc(OCC(O)CNc3ccc(N=Nc4ccccc4)cc3)cc2)cc1. The Bertz CT molecular complexity index is 2940. The van der Waals surface area contributed by atoms with Gasteiger partial charge in [0.1, 0.15) is 55.4 Å². The predicted octanol–water partition coefficient (Wildman–Crippen LogP) is 14.7. The van der Waals surface area contributed by atoms with E-state index in [0.717, 1.165) is 67.9 Å². The number of aliphatic hydroxyl groups is 3. The van der Waals surface area contributed by atoms with Gasteiger partial charge in [-0.1, -0.05) is 91.0 Å². The minimum atomic E-state index is -0.774. The standard InChI is InChI=1S/C64H61N9O6/c74-58(40-65-49-22-28-55(29-23-49)71-68-52-10-4-1-5-11-52)43-77-61-34-16-46(17-35-61)64(47-18-36-62(37-19-47)78-44-59(75)41-66-50-24-30-56(31-25-50)72-69-53-12-6-2-7-13-53)48-20-38-63(39-21-48)79-45-60(76)42-67-51-26-32-57(33-27-51)73-70-54-14-8-3-9-15-54/h1-39,58-60,64-67,74-76H,40-45H2. The van der Waals surface area contributed by atoms with Crippen molar-refractivity contribution in [2.24, 2.45) is 30.7 Å². The third kappa shape index (κ3) is 17.5. The monoisotopic (exact) mass is 1050 g/mol. The minimum Gasteiger partial charge on any atom is -0.491 e. The number of ether oxygens (including phenoxy) is 3. The fourth-order valence-electron chi connectivity index (χ4n) is 8.08. The third-order valence-electron chi connectivity index (χ3n) is 12.3. The molecule has 15 heteroatoms. The van der Waals surface area contributed by atoms with Gasteiger partial charge in [-0.3, -0.25) is 0 Å². The first-order valence-electron chi connectivity index (χ1n) is 26.0. The number of benzene rings is 9. The molecule has 15 nitrogen and oxygen atoms in total. The molecule has 0 saturated heterocycles. The lowest BCUT2D eigenvalue weighted by molar-refractivity contribution is 0.117. The van der Waals surface area contributed by atoms with E-state index in [1.54, 1.807) is 0 Å². The number of nitrogens with one attached hydrogen (secondary N) is 3. The highest BCUT2D eigenvalue weighted by Gasteiger charge is 2.19. The molecule has 9 rings (SSSR count). The van der Waals surface area contributed by atoms with Crippen molar-refractivity contribution in [2.75, 3.05) is 55.4 Å². The van der Waals surface area contributed by atoms with Gasteiger partial charge in [0.25, 0.3) is 0 Å². The fraction of sp³-hybridized carbons (Fsp3) is 0.156. The summed E-state index contributed by atoms with van der Waals surface area (Å²) in [5.74, 6) is 1.66. The number of azo groups is 3. The Hall–Kier alpha value is -9.54. The quantitative estimate of drug-likeness (QED) is 0.0214. The topological polar surface area (TPSA) is 199 Å². The lowest BCUT2D eigenvalue weighted by Gasteiger charge is -2.21. The summed E-state index contributed by atoms with van der Waals surface area (Å²) < 4.78 is 18.1. The molecule has 9 aromatic carbocycles. The molecule has 0 radical (unpaired) electrons. The maximum atomic E-state index is 10.8. The van der Waals surface area contributed by atoms with Crippen molar-refractivity contribution in [3.8, 4) is 17.2 Å². The molecule has 0 aliphatic carbocycles. The molecule has 0 spiro atoms. The van der Waals surface area contributed by atoms with Gasteiger partial charge in [0.2, 0.25) is 0 Å². The third-order valence-corrected chi connectivity index (χ3v) is 12.3. The van der Waals surface area contributed by atoms with Gasteiger partial charge in [0.05, 0.1) is 34.1 Å². The van der Waals surface area contributed by atoms with Crippen molar-refractivity contribution < 1.29 is 29.5 Å². The van der Waals surface area contributed by atoms with Crippen molar-refractivity contribution in [1.82, 2.24) is 0 Å². The molecule has 3 atom stereocenters.